The Morgan fingerprint density at radius 3 is 1.95 bits per heavy atom. The van der Waals surface area contributed by atoms with Crippen LogP contribution in [0.5, 0.6) is 0 Å². The van der Waals surface area contributed by atoms with Crippen LogP contribution in [-0.4, -0.2) is 15.9 Å². The van der Waals surface area contributed by atoms with Crippen LogP contribution in [0.2, 0.25) is 0 Å². The molecule has 1 aliphatic rings. The molecule has 4 heteroatoms. The third kappa shape index (κ3) is 20.4. The van der Waals surface area contributed by atoms with Gasteiger partial charge in [0.2, 0.25) is 5.78 Å². The van der Waals surface area contributed by atoms with E-state index in [0.29, 0.717) is 33.7 Å². The molecule has 0 aromatic carbocycles. The maximum atomic E-state index is 12.4. The summed E-state index contributed by atoms with van der Waals surface area (Å²) in [6, 6.07) is 4.08. The van der Waals surface area contributed by atoms with Crippen LogP contribution in [0.15, 0.2) is 64.3 Å². The Labute approximate surface area is 339 Å². The van der Waals surface area contributed by atoms with E-state index in [1.54, 1.807) is 0 Å². The van der Waals surface area contributed by atoms with Crippen molar-refractivity contribution in [2.45, 2.75) is 199 Å². The highest BCUT2D eigenvalue weighted by Gasteiger charge is 2.31. The minimum Gasteiger partial charge on any atom is -0.508 e. The van der Waals surface area contributed by atoms with E-state index in [1.165, 1.54) is 62.6 Å². The number of nitrogens with zero attached hydrogens (tertiary/aromatic N) is 1. The van der Waals surface area contributed by atoms with Crippen molar-refractivity contribution >= 4 is 16.9 Å². The Morgan fingerprint density at radius 2 is 1.53 bits per heavy atom. The van der Waals surface area contributed by atoms with E-state index < -0.39 is 0 Å². The quantitative estimate of drug-likeness (QED) is 0.107. The summed E-state index contributed by atoms with van der Waals surface area (Å²) >= 11 is 0. The number of aliphatic hydroxyl groups excluding tert-OH is 1. The average Bonchev–Trinajstić information content (AvgIpc) is 3.51. The van der Waals surface area contributed by atoms with Crippen LogP contribution < -0.4 is 0 Å². The number of carbonyl (C=O) groups is 1. The van der Waals surface area contributed by atoms with Gasteiger partial charge < -0.3 is 9.52 Å². The number of aromatic nitrogens is 1. The van der Waals surface area contributed by atoms with Crippen molar-refractivity contribution in [3.05, 3.63) is 76.9 Å². The topological polar surface area (TPSA) is 63.3 Å². The first-order valence-corrected chi connectivity index (χ1v) is 21.4. The lowest BCUT2D eigenvalue weighted by Crippen LogP contribution is -2.21. The van der Waals surface area contributed by atoms with Crippen LogP contribution in [0.3, 0.4) is 0 Å². The van der Waals surface area contributed by atoms with Gasteiger partial charge in [-0.05, 0) is 74.2 Å². The third-order valence-electron chi connectivity index (χ3n) is 9.76. The maximum absolute atomic E-state index is 12.4. The van der Waals surface area contributed by atoms with Gasteiger partial charge in [-0.15, -0.1) is 0 Å². The van der Waals surface area contributed by atoms with Crippen molar-refractivity contribution in [3.8, 4) is 11.8 Å². The average molecular weight is 758 g/mol. The van der Waals surface area contributed by atoms with Crippen molar-refractivity contribution in [1.29, 1.82) is 0 Å². The Morgan fingerprint density at radius 1 is 0.945 bits per heavy atom. The van der Waals surface area contributed by atoms with Gasteiger partial charge in [0, 0.05) is 46.7 Å². The van der Waals surface area contributed by atoms with Crippen molar-refractivity contribution in [2.75, 3.05) is 0 Å². The molecule has 1 fully saturated rings. The number of aliphatic hydroxyl groups is 1. The molecular formula is C51H83NO3. The maximum Gasteiger partial charge on any atom is 0.200 e. The molecule has 310 valence electrons. The van der Waals surface area contributed by atoms with Gasteiger partial charge in [-0.25, -0.2) is 4.98 Å². The fourth-order valence-corrected chi connectivity index (χ4v) is 6.10. The summed E-state index contributed by atoms with van der Waals surface area (Å²) in [6.07, 6.45) is 18.0. The molecule has 2 aromatic heterocycles. The summed E-state index contributed by atoms with van der Waals surface area (Å²) < 4.78 is 6.01. The number of Topliss-reactive ketones (excluding diaryl/α,β-unsaturated/α-hetero) is 1. The zero-order valence-corrected chi connectivity index (χ0v) is 38.6. The SMILES string of the molecule is C=C(O)/C(=C/C=C(/C)CCC)C(=C)C#CCCC.CC(C)C(=O)c1cc2nc(C3CCC(C)(C)CC3)cc(C(C)(C)C)c2o1.CCCC.CCCC(C)(C)C. The Hall–Kier alpha value is -3.32. The van der Waals surface area contributed by atoms with Crippen LogP contribution in [-0.2, 0) is 5.41 Å². The largest absolute Gasteiger partial charge is 0.508 e. The standard InChI is InChI=1S/C23H33NO2.C17H24O.C7H16.C4H10/c1-14(2)20(25)19-13-18-21(26-19)16(22(3,4)5)12-17(24-18)15-8-10-23(6,7)11-9-15;1-6-8-9-11-15(4)17(16(5)18)13-12-14(3)10-7-2;1-5-6-7(2,3)4;1-3-4-2/h12-15H,8-11H2,1-7H3;12-13,18H,4-8,10H2,1-3H3;5-6H2,1-4H3;3-4H2,1-2H3/b;14-12-,17-13+;;. The zero-order chi connectivity index (χ0) is 42.6. The molecule has 1 N–H and O–H groups in total. The number of rotatable bonds is 11. The third-order valence-corrected chi connectivity index (χ3v) is 9.76. The van der Waals surface area contributed by atoms with Gasteiger partial charge in [-0.3, -0.25) is 4.79 Å². The van der Waals surface area contributed by atoms with Gasteiger partial charge >= 0.3 is 0 Å². The van der Waals surface area contributed by atoms with Gasteiger partial charge in [0.1, 0.15) is 11.3 Å². The normalized spacial score (nSPS) is 14.7. The van der Waals surface area contributed by atoms with Crippen molar-refractivity contribution < 1.29 is 14.3 Å². The summed E-state index contributed by atoms with van der Waals surface area (Å²) in [5.41, 5.74) is 7.39. The lowest BCUT2D eigenvalue weighted by molar-refractivity contribution is 0.0913. The molecule has 2 aromatic rings. The molecule has 3 rings (SSSR count). The lowest BCUT2D eigenvalue weighted by Gasteiger charge is -2.34. The van der Waals surface area contributed by atoms with Gasteiger partial charge in [-0.1, -0.05) is 172 Å². The molecule has 0 spiro atoms. The lowest BCUT2D eigenvalue weighted by atomic mass is 9.72. The molecule has 0 aliphatic heterocycles. The fraction of sp³-hybridized carbons (Fsp3) is 0.647. The van der Waals surface area contributed by atoms with Crippen LogP contribution in [0.25, 0.3) is 11.1 Å². The molecule has 1 aliphatic carbocycles. The van der Waals surface area contributed by atoms with Crippen LogP contribution in [0.4, 0.5) is 0 Å². The summed E-state index contributed by atoms with van der Waals surface area (Å²) in [5.74, 6) is 6.91. The Balaban J connectivity index is 0.000000869. The summed E-state index contributed by atoms with van der Waals surface area (Å²) in [5, 5.41) is 9.56. The van der Waals surface area contributed by atoms with E-state index in [0.717, 1.165) is 42.3 Å². The number of allylic oxidation sites excluding steroid dienone is 4. The molecule has 0 unspecified atom stereocenters. The molecule has 0 atom stereocenters. The van der Waals surface area contributed by atoms with E-state index in [2.05, 4.69) is 128 Å². The van der Waals surface area contributed by atoms with E-state index in [-0.39, 0.29) is 22.9 Å². The fourth-order valence-electron chi connectivity index (χ4n) is 6.10. The molecule has 2 heterocycles. The first-order chi connectivity index (χ1) is 25.5. The number of hydrogen-bond donors (Lipinski definition) is 1. The summed E-state index contributed by atoms with van der Waals surface area (Å²) in [6.45, 7) is 42.3. The Bertz CT molecular complexity index is 1590. The van der Waals surface area contributed by atoms with Gasteiger partial charge in [0.05, 0.1) is 0 Å². The van der Waals surface area contributed by atoms with E-state index in [4.69, 9.17) is 9.40 Å². The minimum absolute atomic E-state index is 0.0198. The second-order valence-corrected chi connectivity index (χ2v) is 18.8. The molecule has 0 bridgehead atoms. The van der Waals surface area contributed by atoms with Crippen LogP contribution in [0, 0.1) is 28.6 Å². The van der Waals surface area contributed by atoms with E-state index in [1.807, 2.05) is 32.1 Å². The minimum atomic E-state index is -0.0753. The van der Waals surface area contributed by atoms with Crippen molar-refractivity contribution in [2.24, 2.45) is 16.7 Å². The van der Waals surface area contributed by atoms with E-state index in [9.17, 15) is 9.90 Å². The van der Waals surface area contributed by atoms with Crippen molar-refractivity contribution in [3.63, 3.8) is 0 Å². The molecule has 0 amide bonds. The number of hydrogen-bond acceptors (Lipinski definition) is 4. The smallest absolute Gasteiger partial charge is 0.200 e. The van der Waals surface area contributed by atoms with Gasteiger partial charge in [0.15, 0.2) is 11.3 Å². The number of fused-ring (bicyclic) bond motifs is 1. The summed E-state index contributed by atoms with van der Waals surface area (Å²) in [7, 11) is 0. The predicted molar refractivity (Wildman–Crippen MR) is 242 cm³/mol. The van der Waals surface area contributed by atoms with Gasteiger partial charge in [-0.2, -0.15) is 0 Å². The number of carbonyl (C=O) groups excluding carboxylic acids is 1. The number of pyridine rings is 1. The highest BCUT2D eigenvalue weighted by Crippen LogP contribution is 2.43. The first kappa shape index (κ1) is 51.7. The highest BCUT2D eigenvalue weighted by atomic mass is 16.3. The van der Waals surface area contributed by atoms with Gasteiger partial charge in [0.25, 0.3) is 0 Å². The summed E-state index contributed by atoms with van der Waals surface area (Å²) in [4.78, 5) is 17.3. The molecule has 1 saturated carbocycles. The second kappa shape index (κ2) is 25.0. The van der Waals surface area contributed by atoms with E-state index >= 15 is 0 Å². The number of furan rings is 1. The second-order valence-electron chi connectivity index (χ2n) is 18.8. The monoisotopic (exact) mass is 758 g/mol. The van der Waals surface area contributed by atoms with Crippen LogP contribution in [0.1, 0.15) is 216 Å². The van der Waals surface area contributed by atoms with Crippen molar-refractivity contribution in [1.82, 2.24) is 4.98 Å². The molecule has 0 saturated heterocycles. The first-order valence-electron chi connectivity index (χ1n) is 21.4. The number of ketones is 1. The van der Waals surface area contributed by atoms with Crippen LogP contribution >= 0.6 is 0 Å². The Kier molecular flexibility index (Phi) is 23.5. The predicted octanol–water partition coefficient (Wildman–Crippen LogP) is 16.4. The molecule has 55 heavy (non-hydrogen) atoms. The molecule has 4 nitrogen and oxygen atoms in total. The zero-order valence-electron chi connectivity index (χ0n) is 38.6. The number of unbranched alkanes of at least 4 members (excludes halogenated alkanes) is 2. The highest BCUT2D eigenvalue weighted by molar-refractivity contribution is 5.98. The molecule has 0 radical (unpaired) electrons. The molecular weight excluding hydrogens is 675 g/mol.